The minimum absolute atomic E-state index is 0.118. The average molecular weight is 317 g/mol. The third-order valence-corrected chi connectivity index (χ3v) is 4.44. The number of benzene rings is 2. The molecule has 0 bridgehead atoms. The van der Waals surface area contributed by atoms with Crippen LogP contribution in [0.1, 0.15) is 33.5 Å². The van der Waals surface area contributed by atoms with Crippen LogP contribution in [-0.2, 0) is 19.4 Å². The number of hydrogen-bond acceptors (Lipinski definition) is 2. The van der Waals surface area contributed by atoms with Crippen LogP contribution in [0.15, 0.2) is 60.9 Å². The van der Waals surface area contributed by atoms with E-state index in [4.69, 9.17) is 0 Å². The molecule has 120 valence electrons. The Hall–Kier alpha value is -2.88. The molecule has 0 atom stereocenters. The summed E-state index contributed by atoms with van der Waals surface area (Å²) in [6.07, 6.45) is 6.87. The van der Waals surface area contributed by atoms with Crippen LogP contribution in [0, 0.1) is 0 Å². The minimum atomic E-state index is -0.118. The van der Waals surface area contributed by atoms with Crippen molar-refractivity contribution in [2.45, 2.75) is 25.8 Å². The van der Waals surface area contributed by atoms with E-state index in [0.29, 0.717) is 12.1 Å². The minimum Gasteiger partial charge on any atom is -0.322 e. The van der Waals surface area contributed by atoms with Crippen molar-refractivity contribution in [2.75, 3.05) is 5.32 Å². The van der Waals surface area contributed by atoms with Crippen LogP contribution >= 0.6 is 0 Å². The first kappa shape index (κ1) is 14.7. The van der Waals surface area contributed by atoms with Crippen molar-refractivity contribution in [2.24, 2.45) is 0 Å². The fourth-order valence-electron chi connectivity index (χ4n) is 3.19. The molecule has 0 unspecified atom stereocenters. The van der Waals surface area contributed by atoms with Gasteiger partial charge in [0, 0.05) is 11.9 Å². The number of carbonyl (C=O) groups is 1. The Morgan fingerprint density at radius 2 is 1.92 bits per heavy atom. The standard InChI is InChI=1S/C20H19N3O/c24-20(22-19-10-9-16-7-4-8-17(16)11-19)18-12-21-23(14-18)13-15-5-2-1-3-6-15/h1-3,5-6,9-12,14H,4,7-8,13H2,(H,22,24). The van der Waals surface area contributed by atoms with Gasteiger partial charge in [0.05, 0.1) is 18.3 Å². The molecule has 3 aromatic rings. The molecular formula is C20H19N3O. The highest BCUT2D eigenvalue weighted by Gasteiger charge is 2.13. The van der Waals surface area contributed by atoms with Crippen LogP contribution in [0.2, 0.25) is 0 Å². The van der Waals surface area contributed by atoms with Crippen LogP contribution in [0.5, 0.6) is 0 Å². The lowest BCUT2D eigenvalue weighted by Crippen LogP contribution is -2.11. The molecule has 1 heterocycles. The molecule has 0 saturated heterocycles. The first-order chi connectivity index (χ1) is 11.8. The zero-order valence-electron chi connectivity index (χ0n) is 13.4. The van der Waals surface area contributed by atoms with Gasteiger partial charge in [0.2, 0.25) is 0 Å². The van der Waals surface area contributed by atoms with Crippen molar-refractivity contribution in [1.82, 2.24) is 9.78 Å². The Morgan fingerprint density at radius 1 is 1.08 bits per heavy atom. The van der Waals surface area contributed by atoms with E-state index in [0.717, 1.165) is 24.1 Å². The van der Waals surface area contributed by atoms with Gasteiger partial charge in [-0.1, -0.05) is 36.4 Å². The Morgan fingerprint density at radius 3 is 2.79 bits per heavy atom. The number of rotatable bonds is 4. The topological polar surface area (TPSA) is 46.9 Å². The monoisotopic (exact) mass is 317 g/mol. The van der Waals surface area contributed by atoms with E-state index in [9.17, 15) is 4.79 Å². The Bertz CT molecular complexity index is 868. The molecule has 4 nitrogen and oxygen atoms in total. The molecule has 1 amide bonds. The molecule has 4 heteroatoms. The second-order valence-corrected chi connectivity index (χ2v) is 6.20. The SMILES string of the molecule is O=C(Nc1ccc2c(c1)CCC2)c1cnn(Cc2ccccc2)c1. The second kappa shape index (κ2) is 6.32. The van der Waals surface area contributed by atoms with Crippen molar-refractivity contribution in [3.8, 4) is 0 Å². The molecule has 0 radical (unpaired) electrons. The number of aromatic nitrogens is 2. The molecule has 1 N–H and O–H groups in total. The lowest BCUT2D eigenvalue weighted by molar-refractivity contribution is 0.102. The van der Waals surface area contributed by atoms with Crippen LogP contribution in [0.4, 0.5) is 5.69 Å². The number of amides is 1. The van der Waals surface area contributed by atoms with Crippen molar-refractivity contribution in [3.05, 3.63) is 83.2 Å². The molecule has 1 aliphatic carbocycles. The quantitative estimate of drug-likeness (QED) is 0.798. The van der Waals surface area contributed by atoms with Gasteiger partial charge in [0.1, 0.15) is 0 Å². The summed E-state index contributed by atoms with van der Waals surface area (Å²) in [7, 11) is 0. The van der Waals surface area contributed by atoms with Crippen LogP contribution < -0.4 is 5.32 Å². The molecule has 1 aliphatic rings. The van der Waals surface area contributed by atoms with E-state index >= 15 is 0 Å². The van der Waals surface area contributed by atoms with Gasteiger partial charge in [-0.15, -0.1) is 0 Å². The summed E-state index contributed by atoms with van der Waals surface area (Å²) in [5, 5.41) is 7.26. The van der Waals surface area contributed by atoms with Gasteiger partial charge in [-0.3, -0.25) is 9.48 Å². The summed E-state index contributed by atoms with van der Waals surface area (Å²) in [4.78, 5) is 12.4. The summed E-state index contributed by atoms with van der Waals surface area (Å²) in [5.74, 6) is -0.118. The average Bonchev–Trinajstić information content (AvgIpc) is 3.24. The predicted molar refractivity (Wildman–Crippen MR) is 94.2 cm³/mol. The Labute approximate surface area is 141 Å². The van der Waals surface area contributed by atoms with Crippen molar-refractivity contribution >= 4 is 11.6 Å². The van der Waals surface area contributed by atoms with Crippen LogP contribution in [0.25, 0.3) is 0 Å². The summed E-state index contributed by atoms with van der Waals surface area (Å²) in [6, 6.07) is 16.3. The Kier molecular flexibility index (Phi) is 3.87. The molecule has 0 fully saturated rings. The fourth-order valence-corrected chi connectivity index (χ4v) is 3.19. The van der Waals surface area contributed by atoms with Crippen molar-refractivity contribution in [3.63, 3.8) is 0 Å². The van der Waals surface area contributed by atoms with Crippen molar-refractivity contribution < 1.29 is 4.79 Å². The smallest absolute Gasteiger partial charge is 0.258 e. The number of nitrogens with zero attached hydrogens (tertiary/aromatic N) is 2. The van der Waals surface area contributed by atoms with E-state index < -0.39 is 0 Å². The van der Waals surface area contributed by atoms with Gasteiger partial charge in [-0.05, 0) is 48.1 Å². The van der Waals surface area contributed by atoms with Gasteiger partial charge < -0.3 is 5.32 Å². The van der Waals surface area contributed by atoms with E-state index in [2.05, 4.69) is 22.5 Å². The fraction of sp³-hybridized carbons (Fsp3) is 0.200. The number of carbonyl (C=O) groups excluding carboxylic acids is 1. The number of fused-ring (bicyclic) bond motifs is 1. The molecule has 0 aliphatic heterocycles. The number of hydrogen-bond donors (Lipinski definition) is 1. The number of aryl methyl sites for hydroxylation is 2. The number of anilines is 1. The normalized spacial score (nSPS) is 12.8. The molecule has 0 spiro atoms. The second-order valence-electron chi connectivity index (χ2n) is 6.20. The van der Waals surface area contributed by atoms with Gasteiger partial charge >= 0.3 is 0 Å². The van der Waals surface area contributed by atoms with Gasteiger partial charge in [0.25, 0.3) is 5.91 Å². The van der Waals surface area contributed by atoms with E-state index in [1.807, 2.05) is 36.4 Å². The van der Waals surface area contributed by atoms with Crippen molar-refractivity contribution in [1.29, 1.82) is 0 Å². The van der Waals surface area contributed by atoms with E-state index in [1.54, 1.807) is 17.1 Å². The van der Waals surface area contributed by atoms with Gasteiger partial charge in [-0.2, -0.15) is 5.10 Å². The van der Waals surface area contributed by atoms with Gasteiger partial charge in [-0.25, -0.2) is 0 Å². The Balaban J connectivity index is 1.45. The van der Waals surface area contributed by atoms with Gasteiger partial charge in [0.15, 0.2) is 0 Å². The molecule has 2 aromatic carbocycles. The first-order valence-electron chi connectivity index (χ1n) is 8.27. The summed E-state index contributed by atoms with van der Waals surface area (Å²) < 4.78 is 1.78. The lowest BCUT2D eigenvalue weighted by Gasteiger charge is -2.06. The molecule has 24 heavy (non-hydrogen) atoms. The highest BCUT2D eigenvalue weighted by molar-refractivity contribution is 6.04. The lowest BCUT2D eigenvalue weighted by atomic mass is 10.1. The molecular weight excluding hydrogens is 298 g/mol. The maximum atomic E-state index is 12.4. The zero-order chi connectivity index (χ0) is 16.4. The largest absolute Gasteiger partial charge is 0.322 e. The first-order valence-corrected chi connectivity index (χ1v) is 8.27. The highest BCUT2D eigenvalue weighted by atomic mass is 16.1. The van der Waals surface area contributed by atoms with E-state index in [1.165, 1.54) is 17.5 Å². The van der Waals surface area contributed by atoms with Crippen LogP contribution in [-0.4, -0.2) is 15.7 Å². The van der Waals surface area contributed by atoms with E-state index in [-0.39, 0.29) is 5.91 Å². The zero-order valence-corrected chi connectivity index (χ0v) is 13.4. The maximum absolute atomic E-state index is 12.4. The molecule has 0 saturated carbocycles. The summed E-state index contributed by atoms with van der Waals surface area (Å²) >= 11 is 0. The molecule has 4 rings (SSSR count). The van der Waals surface area contributed by atoms with Crippen LogP contribution in [0.3, 0.4) is 0 Å². The third kappa shape index (κ3) is 3.08. The predicted octanol–water partition coefficient (Wildman–Crippen LogP) is 3.67. The third-order valence-electron chi connectivity index (χ3n) is 4.44. The number of nitrogens with one attached hydrogen (secondary N) is 1. The summed E-state index contributed by atoms with van der Waals surface area (Å²) in [5.41, 5.74) is 5.35. The summed E-state index contributed by atoms with van der Waals surface area (Å²) in [6.45, 7) is 0.660. The molecule has 1 aromatic heterocycles. The highest BCUT2D eigenvalue weighted by Crippen LogP contribution is 2.25. The maximum Gasteiger partial charge on any atom is 0.258 e.